The Morgan fingerprint density at radius 2 is 2.10 bits per heavy atom. The van der Waals surface area contributed by atoms with Gasteiger partial charge in [0, 0.05) is 29.3 Å². The number of pyridine rings is 1. The highest BCUT2D eigenvalue weighted by molar-refractivity contribution is 9.10. The van der Waals surface area contributed by atoms with Gasteiger partial charge in [0.1, 0.15) is 11.5 Å². The van der Waals surface area contributed by atoms with Gasteiger partial charge in [0.25, 0.3) is 0 Å². The van der Waals surface area contributed by atoms with Gasteiger partial charge in [-0.2, -0.15) is 0 Å². The van der Waals surface area contributed by atoms with Gasteiger partial charge in [-0.25, -0.2) is 9.37 Å². The molecule has 3 nitrogen and oxygen atoms in total. The third kappa shape index (κ3) is 2.99. The Balaban J connectivity index is 1.75. The highest BCUT2D eigenvalue weighted by Gasteiger charge is 2.08. The largest absolute Gasteiger partial charge is 0.307 e. The van der Waals surface area contributed by atoms with Crippen molar-refractivity contribution in [3.63, 3.8) is 0 Å². The Hall–Kier alpha value is -1.72. The van der Waals surface area contributed by atoms with Crippen molar-refractivity contribution in [1.29, 1.82) is 0 Å². The number of hydrogen-bond donors (Lipinski definition) is 1. The molecule has 0 aliphatic heterocycles. The second-order valence-corrected chi connectivity index (χ2v) is 5.83. The summed E-state index contributed by atoms with van der Waals surface area (Å²) in [6, 6.07) is 10.9. The fourth-order valence-electron chi connectivity index (χ4n) is 2.37. The summed E-state index contributed by atoms with van der Waals surface area (Å²) in [5.41, 5.74) is 3.67. The summed E-state index contributed by atoms with van der Waals surface area (Å²) in [4.78, 5) is 4.51. The average Bonchev–Trinajstić information content (AvgIpc) is 2.79. The Labute approximate surface area is 131 Å². The molecule has 0 radical (unpaired) electrons. The number of imidazole rings is 1. The molecular formula is C16H15BrFN3. The lowest BCUT2D eigenvalue weighted by Gasteiger charge is -2.07. The molecule has 0 aliphatic carbocycles. The van der Waals surface area contributed by atoms with E-state index in [9.17, 15) is 4.39 Å². The molecule has 0 saturated carbocycles. The second kappa shape index (κ2) is 5.95. The number of hydrogen-bond acceptors (Lipinski definition) is 2. The zero-order chi connectivity index (χ0) is 14.8. The smallest absolute Gasteiger partial charge is 0.137 e. The van der Waals surface area contributed by atoms with Gasteiger partial charge in [-0.05, 0) is 37.3 Å². The molecular weight excluding hydrogens is 333 g/mol. The van der Waals surface area contributed by atoms with E-state index in [0.717, 1.165) is 21.5 Å². The van der Waals surface area contributed by atoms with Crippen LogP contribution in [0.15, 0.2) is 47.1 Å². The maximum Gasteiger partial charge on any atom is 0.137 e. The van der Waals surface area contributed by atoms with Crippen LogP contribution in [0.3, 0.4) is 0 Å². The lowest BCUT2D eigenvalue weighted by atomic mass is 10.2. The Kier molecular flexibility index (Phi) is 4.03. The maximum absolute atomic E-state index is 13.7. The summed E-state index contributed by atoms with van der Waals surface area (Å²) in [6.07, 6.45) is 1.99. The molecule has 0 amide bonds. The molecule has 2 aromatic heterocycles. The number of aryl methyl sites for hydroxylation is 1. The zero-order valence-electron chi connectivity index (χ0n) is 11.6. The van der Waals surface area contributed by atoms with E-state index in [0.29, 0.717) is 18.7 Å². The lowest BCUT2D eigenvalue weighted by molar-refractivity contribution is 0.584. The van der Waals surface area contributed by atoms with Crippen molar-refractivity contribution < 1.29 is 4.39 Å². The van der Waals surface area contributed by atoms with Crippen LogP contribution in [0.5, 0.6) is 0 Å². The Bertz CT molecular complexity index is 782. The van der Waals surface area contributed by atoms with E-state index < -0.39 is 0 Å². The van der Waals surface area contributed by atoms with Gasteiger partial charge in [-0.1, -0.05) is 22.0 Å². The predicted octanol–water partition coefficient (Wildman–Crippen LogP) is 3.83. The summed E-state index contributed by atoms with van der Waals surface area (Å²) in [5, 5.41) is 3.28. The molecule has 108 valence electrons. The SMILES string of the molecule is Cc1nc2ccccn2c1CNCc1cc(Br)ccc1F. The van der Waals surface area contributed by atoms with Crippen molar-refractivity contribution in [2.24, 2.45) is 0 Å². The van der Waals surface area contributed by atoms with Gasteiger partial charge in [-0.15, -0.1) is 0 Å². The van der Waals surface area contributed by atoms with Crippen molar-refractivity contribution in [3.05, 3.63) is 69.8 Å². The van der Waals surface area contributed by atoms with Gasteiger partial charge < -0.3 is 9.72 Å². The van der Waals surface area contributed by atoms with Crippen LogP contribution in [-0.2, 0) is 13.1 Å². The number of aromatic nitrogens is 2. The quantitative estimate of drug-likeness (QED) is 0.776. The summed E-state index contributed by atoms with van der Waals surface area (Å²) >= 11 is 3.36. The van der Waals surface area contributed by atoms with Crippen molar-refractivity contribution >= 4 is 21.6 Å². The Morgan fingerprint density at radius 3 is 2.95 bits per heavy atom. The van der Waals surface area contributed by atoms with Gasteiger partial charge >= 0.3 is 0 Å². The van der Waals surface area contributed by atoms with E-state index in [1.165, 1.54) is 6.07 Å². The molecule has 0 aliphatic rings. The van der Waals surface area contributed by atoms with Crippen molar-refractivity contribution in [1.82, 2.24) is 14.7 Å². The van der Waals surface area contributed by atoms with E-state index in [4.69, 9.17) is 0 Å². The minimum atomic E-state index is -0.194. The third-order valence-corrected chi connectivity index (χ3v) is 3.94. The van der Waals surface area contributed by atoms with E-state index in [2.05, 4.69) is 30.6 Å². The van der Waals surface area contributed by atoms with Crippen LogP contribution in [0.25, 0.3) is 5.65 Å². The summed E-state index contributed by atoms with van der Waals surface area (Å²) in [5.74, 6) is -0.194. The third-order valence-electron chi connectivity index (χ3n) is 3.44. The van der Waals surface area contributed by atoms with Crippen LogP contribution in [0.4, 0.5) is 4.39 Å². The van der Waals surface area contributed by atoms with Gasteiger partial charge in [0.2, 0.25) is 0 Å². The van der Waals surface area contributed by atoms with Crippen LogP contribution in [0, 0.1) is 12.7 Å². The van der Waals surface area contributed by atoms with Crippen LogP contribution < -0.4 is 5.32 Å². The van der Waals surface area contributed by atoms with Crippen molar-refractivity contribution in [3.8, 4) is 0 Å². The average molecular weight is 348 g/mol. The fraction of sp³-hybridized carbons (Fsp3) is 0.188. The van der Waals surface area contributed by atoms with E-state index >= 15 is 0 Å². The molecule has 0 atom stereocenters. The molecule has 0 bridgehead atoms. The standard InChI is InChI=1S/C16H15BrFN3/c1-11-15(21-7-3-2-4-16(21)20-11)10-19-9-12-8-13(17)5-6-14(12)18/h2-8,19H,9-10H2,1H3. The topological polar surface area (TPSA) is 29.3 Å². The molecule has 3 rings (SSSR count). The first-order valence-electron chi connectivity index (χ1n) is 6.72. The monoisotopic (exact) mass is 347 g/mol. The first kappa shape index (κ1) is 14.2. The second-order valence-electron chi connectivity index (χ2n) is 4.91. The number of rotatable bonds is 4. The molecule has 0 spiro atoms. The number of fused-ring (bicyclic) bond motifs is 1. The summed E-state index contributed by atoms with van der Waals surface area (Å²) < 4.78 is 16.6. The summed E-state index contributed by atoms with van der Waals surface area (Å²) in [7, 11) is 0. The highest BCUT2D eigenvalue weighted by atomic mass is 79.9. The molecule has 21 heavy (non-hydrogen) atoms. The highest BCUT2D eigenvalue weighted by Crippen LogP contribution is 2.16. The number of nitrogens with one attached hydrogen (secondary N) is 1. The van der Waals surface area contributed by atoms with E-state index in [1.54, 1.807) is 12.1 Å². The van der Waals surface area contributed by atoms with Crippen molar-refractivity contribution in [2.75, 3.05) is 0 Å². The number of nitrogens with zero attached hydrogens (tertiary/aromatic N) is 2. The van der Waals surface area contributed by atoms with E-state index in [-0.39, 0.29) is 5.82 Å². The Morgan fingerprint density at radius 1 is 1.24 bits per heavy atom. The lowest BCUT2D eigenvalue weighted by Crippen LogP contribution is -2.15. The van der Waals surface area contributed by atoms with Crippen LogP contribution in [0.1, 0.15) is 17.0 Å². The molecule has 2 heterocycles. The minimum absolute atomic E-state index is 0.194. The molecule has 1 aromatic carbocycles. The molecule has 0 saturated heterocycles. The van der Waals surface area contributed by atoms with Crippen LogP contribution >= 0.6 is 15.9 Å². The first-order valence-corrected chi connectivity index (χ1v) is 7.51. The van der Waals surface area contributed by atoms with E-state index in [1.807, 2.05) is 31.3 Å². The van der Waals surface area contributed by atoms with Crippen molar-refractivity contribution in [2.45, 2.75) is 20.0 Å². The fourth-order valence-corrected chi connectivity index (χ4v) is 2.78. The minimum Gasteiger partial charge on any atom is -0.307 e. The van der Waals surface area contributed by atoms with Crippen LogP contribution in [0.2, 0.25) is 0 Å². The van der Waals surface area contributed by atoms with Crippen LogP contribution in [-0.4, -0.2) is 9.38 Å². The molecule has 1 N–H and O–H groups in total. The van der Waals surface area contributed by atoms with Gasteiger partial charge in [0.15, 0.2) is 0 Å². The molecule has 0 unspecified atom stereocenters. The zero-order valence-corrected chi connectivity index (χ0v) is 13.2. The van der Waals surface area contributed by atoms with Gasteiger partial charge in [-0.3, -0.25) is 0 Å². The summed E-state index contributed by atoms with van der Waals surface area (Å²) in [6.45, 7) is 3.11. The normalized spacial score (nSPS) is 11.2. The maximum atomic E-state index is 13.7. The molecule has 5 heteroatoms. The molecule has 3 aromatic rings. The van der Waals surface area contributed by atoms with Gasteiger partial charge in [0.05, 0.1) is 11.4 Å². The predicted molar refractivity (Wildman–Crippen MR) is 84.6 cm³/mol. The first-order chi connectivity index (χ1) is 10.1. The number of halogens is 2. The molecule has 0 fully saturated rings. The number of benzene rings is 1.